The highest BCUT2D eigenvalue weighted by molar-refractivity contribution is 6.30. The first-order valence-electron chi connectivity index (χ1n) is 8.12. The van der Waals surface area contributed by atoms with Crippen LogP contribution in [-0.2, 0) is 11.3 Å². The third-order valence-corrected chi connectivity index (χ3v) is 4.63. The molecule has 2 aromatic rings. The van der Waals surface area contributed by atoms with Gasteiger partial charge in [0, 0.05) is 25.2 Å². The molecular formula is C18H22ClN3O2. The predicted octanol–water partition coefficient (Wildman–Crippen LogP) is 3.57. The van der Waals surface area contributed by atoms with Gasteiger partial charge in [0.1, 0.15) is 6.61 Å². The van der Waals surface area contributed by atoms with Crippen molar-refractivity contribution in [3.8, 4) is 5.88 Å². The zero-order chi connectivity index (χ0) is 16.9. The molecule has 24 heavy (non-hydrogen) atoms. The summed E-state index contributed by atoms with van der Waals surface area (Å²) in [6.07, 6.45) is 4.70. The van der Waals surface area contributed by atoms with Gasteiger partial charge in [-0.1, -0.05) is 30.7 Å². The Morgan fingerprint density at radius 3 is 3.00 bits per heavy atom. The molecule has 1 saturated heterocycles. The summed E-state index contributed by atoms with van der Waals surface area (Å²) in [5.74, 6) is 1.90. The van der Waals surface area contributed by atoms with Crippen molar-refractivity contribution in [2.24, 2.45) is 5.92 Å². The number of nitrogens with zero attached hydrogens (tertiary/aromatic N) is 3. The van der Waals surface area contributed by atoms with Crippen LogP contribution in [0.2, 0.25) is 5.02 Å². The Kier molecular flexibility index (Phi) is 5.53. The maximum absolute atomic E-state index is 5.99. The van der Waals surface area contributed by atoms with Crippen LogP contribution in [0.5, 0.6) is 5.88 Å². The van der Waals surface area contributed by atoms with Crippen LogP contribution >= 0.6 is 11.6 Å². The van der Waals surface area contributed by atoms with Crippen LogP contribution in [0.15, 0.2) is 36.7 Å². The van der Waals surface area contributed by atoms with E-state index < -0.39 is 0 Å². The topological polar surface area (TPSA) is 47.5 Å². The van der Waals surface area contributed by atoms with Gasteiger partial charge in [-0.15, -0.1) is 0 Å². The van der Waals surface area contributed by atoms with Crippen molar-refractivity contribution in [1.29, 1.82) is 0 Å². The Bertz CT molecular complexity index is 683. The first-order chi connectivity index (χ1) is 11.7. The number of ether oxygens (including phenoxy) is 2. The minimum atomic E-state index is 0.219. The van der Waals surface area contributed by atoms with Gasteiger partial charge >= 0.3 is 0 Å². The average Bonchev–Trinajstić information content (AvgIpc) is 2.61. The Hall–Kier alpha value is -1.85. The van der Waals surface area contributed by atoms with E-state index >= 15 is 0 Å². The van der Waals surface area contributed by atoms with Gasteiger partial charge in [0.2, 0.25) is 5.88 Å². The molecule has 1 aliphatic rings. The third kappa shape index (κ3) is 4.16. The number of rotatable bonds is 5. The third-order valence-electron chi connectivity index (χ3n) is 4.39. The van der Waals surface area contributed by atoms with Crippen molar-refractivity contribution in [2.45, 2.75) is 26.1 Å². The Balaban J connectivity index is 1.66. The highest BCUT2D eigenvalue weighted by Crippen LogP contribution is 2.24. The van der Waals surface area contributed by atoms with Crippen LogP contribution in [0.3, 0.4) is 0 Å². The first-order valence-corrected chi connectivity index (χ1v) is 8.50. The molecule has 0 aliphatic carbocycles. The molecule has 1 aromatic carbocycles. The minimum absolute atomic E-state index is 0.219. The highest BCUT2D eigenvalue weighted by atomic mass is 35.5. The van der Waals surface area contributed by atoms with E-state index in [4.69, 9.17) is 21.1 Å². The molecule has 1 aromatic heterocycles. The Morgan fingerprint density at radius 1 is 1.33 bits per heavy atom. The predicted molar refractivity (Wildman–Crippen MR) is 94.6 cm³/mol. The van der Waals surface area contributed by atoms with Crippen LogP contribution in [0.4, 0.5) is 5.82 Å². The maximum Gasteiger partial charge on any atom is 0.234 e. The van der Waals surface area contributed by atoms with E-state index in [2.05, 4.69) is 21.8 Å². The normalized spacial score (nSPS) is 20.9. The summed E-state index contributed by atoms with van der Waals surface area (Å²) in [7, 11) is 1.76. The van der Waals surface area contributed by atoms with Gasteiger partial charge in [0.15, 0.2) is 5.82 Å². The molecule has 0 bridgehead atoms. The van der Waals surface area contributed by atoms with Gasteiger partial charge in [0.25, 0.3) is 0 Å². The van der Waals surface area contributed by atoms with Gasteiger partial charge < -0.3 is 14.4 Å². The molecule has 0 N–H and O–H groups in total. The quantitative estimate of drug-likeness (QED) is 0.827. The van der Waals surface area contributed by atoms with E-state index in [0.717, 1.165) is 30.9 Å². The lowest BCUT2D eigenvalue weighted by Crippen LogP contribution is -2.44. The van der Waals surface area contributed by atoms with Crippen molar-refractivity contribution in [3.05, 3.63) is 47.2 Å². The molecule has 0 amide bonds. The van der Waals surface area contributed by atoms with Crippen LogP contribution in [-0.4, -0.2) is 36.3 Å². The molecular weight excluding hydrogens is 326 g/mol. The summed E-state index contributed by atoms with van der Waals surface area (Å²) in [6, 6.07) is 7.60. The molecule has 0 saturated carbocycles. The molecule has 6 heteroatoms. The monoisotopic (exact) mass is 347 g/mol. The fraction of sp³-hybridized carbons (Fsp3) is 0.444. The SMILES string of the molecule is COC1CN(c2cncc(OCc3cccc(Cl)c3)n2)CCC1C. The Morgan fingerprint density at radius 2 is 2.21 bits per heavy atom. The van der Waals surface area contributed by atoms with E-state index in [1.54, 1.807) is 19.5 Å². The van der Waals surface area contributed by atoms with Crippen LogP contribution in [0, 0.1) is 5.92 Å². The number of methoxy groups -OCH3 is 1. The lowest BCUT2D eigenvalue weighted by atomic mass is 9.96. The van der Waals surface area contributed by atoms with Crippen LogP contribution in [0.1, 0.15) is 18.9 Å². The second-order valence-corrected chi connectivity index (χ2v) is 6.56. The lowest BCUT2D eigenvalue weighted by molar-refractivity contribution is 0.0496. The van der Waals surface area contributed by atoms with Gasteiger partial charge in [-0.2, -0.15) is 4.98 Å². The number of benzene rings is 1. The molecule has 0 radical (unpaired) electrons. The number of piperidine rings is 1. The second kappa shape index (κ2) is 7.81. The molecule has 5 nitrogen and oxygen atoms in total. The van der Waals surface area contributed by atoms with Crippen molar-refractivity contribution < 1.29 is 9.47 Å². The first kappa shape index (κ1) is 17.0. The number of hydrogen-bond donors (Lipinski definition) is 0. The fourth-order valence-corrected chi connectivity index (χ4v) is 3.11. The van der Waals surface area contributed by atoms with Gasteiger partial charge in [-0.05, 0) is 30.0 Å². The number of hydrogen-bond acceptors (Lipinski definition) is 5. The summed E-state index contributed by atoms with van der Waals surface area (Å²) in [6.45, 7) is 4.41. The van der Waals surface area contributed by atoms with Gasteiger partial charge in [0.05, 0.1) is 18.5 Å². The molecule has 2 heterocycles. The highest BCUT2D eigenvalue weighted by Gasteiger charge is 2.27. The summed E-state index contributed by atoms with van der Waals surface area (Å²) in [4.78, 5) is 11.0. The summed E-state index contributed by atoms with van der Waals surface area (Å²) >= 11 is 5.99. The van der Waals surface area contributed by atoms with Gasteiger partial charge in [-0.25, -0.2) is 0 Å². The summed E-state index contributed by atoms with van der Waals surface area (Å²) < 4.78 is 11.3. The smallest absolute Gasteiger partial charge is 0.234 e. The lowest BCUT2D eigenvalue weighted by Gasteiger charge is -2.36. The van der Waals surface area contributed by atoms with Crippen LogP contribution in [0.25, 0.3) is 0 Å². The number of aromatic nitrogens is 2. The minimum Gasteiger partial charge on any atom is -0.472 e. The molecule has 1 aliphatic heterocycles. The van der Waals surface area contributed by atoms with Crippen LogP contribution < -0.4 is 9.64 Å². The largest absolute Gasteiger partial charge is 0.472 e. The molecule has 2 unspecified atom stereocenters. The number of anilines is 1. The van der Waals surface area contributed by atoms with Crippen molar-refractivity contribution in [3.63, 3.8) is 0 Å². The zero-order valence-electron chi connectivity index (χ0n) is 14.0. The standard InChI is InChI=1S/C18H22ClN3O2/c1-13-6-7-22(11-16(13)23-2)17-9-20-10-18(21-17)24-12-14-4-3-5-15(19)8-14/h3-5,8-10,13,16H,6-7,11-12H2,1-2H3. The number of halogens is 1. The van der Waals surface area contributed by atoms with E-state index in [-0.39, 0.29) is 6.10 Å². The molecule has 1 fully saturated rings. The maximum atomic E-state index is 5.99. The second-order valence-electron chi connectivity index (χ2n) is 6.12. The molecule has 0 spiro atoms. The molecule has 2 atom stereocenters. The van der Waals surface area contributed by atoms with Crippen molar-refractivity contribution >= 4 is 17.4 Å². The fourth-order valence-electron chi connectivity index (χ4n) is 2.89. The average molecular weight is 348 g/mol. The van der Waals surface area contributed by atoms with E-state index in [9.17, 15) is 0 Å². The van der Waals surface area contributed by atoms with Crippen molar-refractivity contribution in [1.82, 2.24) is 9.97 Å². The van der Waals surface area contributed by atoms with E-state index in [0.29, 0.717) is 23.4 Å². The van der Waals surface area contributed by atoms with E-state index in [1.165, 1.54) is 0 Å². The van der Waals surface area contributed by atoms with Crippen molar-refractivity contribution in [2.75, 3.05) is 25.1 Å². The van der Waals surface area contributed by atoms with Gasteiger partial charge in [-0.3, -0.25) is 4.98 Å². The zero-order valence-corrected chi connectivity index (χ0v) is 14.7. The van der Waals surface area contributed by atoms with E-state index in [1.807, 2.05) is 24.3 Å². The Labute approximate surface area is 147 Å². The molecule has 3 rings (SSSR count). The molecule has 128 valence electrons. The summed E-state index contributed by atoms with van der Waals surface area (Å²) in [5, 5.41) is 0.698. The summed E-state index contributed by atoms with van der Waals surface area (Å²) in [5.41, 5.74) is 1.00.